The molecular weight excluding hydrogens is 357 g/mol. The first-order chi connectivity index (χ1) is 11.0. The van der Waals surface area contributed by atoms with Crippen molar-refractivity contribution < 1.29 is 14.3 Å². The summed E-state index contributed by atoms with van der Waals surface area (Å²) in [5.41, 5.74) is 6.22. The van der Waals surface area contributed by atoms with Crippen LogP contribution < -0.4 is 5.73 Å². The minimum Gasteiger partial charge on any atom is -0.452 e. The van der Waals surface area contributed by atoms with Gasteiger partial charge in [0.15, 0.2) is 6.61 Å². The first kappa shape index (κ1) is 17.7. The van der Waals surface area contributed by atoms with Crippen LogP contribution in [0.2, 0.25) is 10.0 Å². The Morgan fingerprint density at radius 3 is 2.65 bits per heavy atom. The Labute approximate surface area is 147 Å². The maximum atomic E-state index is 11.8. The predicted octanol–water partition coefficient (Wildman–Crippen LogP) is 3.93. The molecule has 1 amide bonds. The van der Waals surface area contributed by atoms with E-state index in [4.69, 9.17) is 33.7 Å². The molecule has 2 aromatic rings. The Bertz CT molecular complexity index is 737. The zero-order valence-corrected chi connectivity index (χ0v) is 14.3. The van der Waals surface area contributed by atoms with Crippen molar-refractivity contribution in [3.05, 3.63) is 63.6 Å². The van der Waals surface area contributed by atoms with Crippen molar-refractivity contribution in [3.63, 3.8) is 0 Å². The number of carbonyl (C=O) groups is 2. The van der Waals surface area contributed by atoms with Gasteiger partial charge in [0.2, 0.25) is 0 Å². The van der Waals surface area contributed by atoms with E-state index < -0.39 is 18.5 Å². The van der Waals surface area contributed by atoms with Crippen LogP contribution in [0.15, 0.2) is 47.4 Å². The Kier molecular flexibility index (Phi) is 6.33. The molecule has 0 fully saturated rings. The van der Waals surface area contributed by atoms with E-state index in [-0.39, 0.29) is 0 Å². The number of primary amides is 1. The zero-order valence-electron chi connectivity index (χ0n) is 11.9. The number of thioether (sulfide) groups is 1. The molecule has 0 aliphatic rings. The molecule has 0 saturated heterocycles. The van der Waals surface area contributed by atoms with Gasteiger partial charge in [0.1, 0.15) is 0 Å². The van der Waals surface area contributed by atoms with E-state index in [1.807, 2.05) is 6.07 Å². The fourth-order valence-corrected chi connectivity index (χ4v) is 3.19. The third kappa shape index (κ3) is 5.46. The molecule has 0 heterocycles. The summed E-state index contributed by atoms with van der Waals surface area (Å²) in [6, 6.07) is 12.2. The normalized spacial score (nSPS) is 10.3. The fraction of sp³-hybridized carbons (Fsp3) is 0.125. The van der Waals surface area contributed by atoms with Crippen LogP contribution in [-0.4, -0.2) is 18.5 Å². The number of benzene rings is 2. The molecular formula is C16H13Cl2NO3S. The minimum atomic E-state index is -0.694. The molecule has 0 aromatic heterocycles. The van der Waals surface area contributed by atoms with Gasteiger partial charge < -0.3 is 10.5 Å². The summed E-state index contributed by atoms with van der Waals surface area (Å²) in [4.78, 5) is 23.3. The van der Waals surface area contributed by atoms with Crippen LogP contribution in [0, 0.1) is 0 Å². The lowest BCUT2D eigenvalue weighted by molar-refractivity contribution is -0.121. The monoisotopic (exact) mass is 369 g/mol. The summed E-state index contributed by atoms with van der Waals surface area (Å²) in [5, 5.41) is 1.23. The van der Waals surface area contributed by atoms with E-state index in [1.54, 1.807) is 36.4 Å². The van der Waals surface area contributed by atoms with Gasteiger partial charge >= 0.3 is 5.97 Å². The Hall–Kier alpha value is -1.69. The molecule has 2 aromatic carbocycles. The smallest absolute Gasteiger partial charge is 0.338 e. The second-order valence-corrected chi connectivity index (χ2v) is 6.47. The van der Waals surface area contributed by atoms with E-state index in [1.165, 1.54) is 11.8 Å². The number of halogens is 2. The molecule has 4 nitrogen and oxygen atoms in total. The Morgan fingerprint density at radius 2 is 1.91 bits per heavy atom. The van der Waals surface area contributed by atoms with E-state index in [9.17, 15) is 9.59 Å². The molecule has 2 N–H and O–H groups in total. The predicted molar refractivity (Wildman–Crippen MR) is 91.9 cm³/mol. The van der Waals surface area contributed by atoms with Gasteiger partial charge in [0.25, 0.3) is 5.91 Å². The lowest BCUT2D eigenvalue weighted by Gasteiger charge is -2.07. The van der Waals surface area contributed by atoms with E-state index >= 15 is 0 Å². The second-order valence-electron chi connectivity index (χ2n) is 4.61. The average Bonchev–Trinajstić information content (AvgIpc) is 2.53. The number of esters is 1. The summed E-state index contributed by atoms with van der Waals surface area (Å²) >= 11 is 13.6. The zero-order chi connectivity index (χ0) is 16.8. The maximum Gasteiger partial charge on any atom is 0.338 e. The standard InChI is InChI=1S/C16H13Cl2NO3S/c17-12-4-5-13(18)14(7-12)23-9-10-2-1-3-11(6-10)16(21)22-8-15(19)20/h1-7H,8-9H2,(H2,19,20). The first-order valence-electron chi connectivity index (χ1n) is 6.58. The number of hydrogen-bond donors (Lipinski definition) is 1. The van der Waals surface area contributed by atoms with Gasteiger partial charge in [-0.05, 0) is 35.9 Å². The van der Waals surface area contributed by atoms with Crippen LogP contribution in [-0.2, 0) is 15.3 Å². The number of hydrogen-bond acceptors (Lipinski definition) is 4. The van der Waals surface area contributed by atoms with E-state index in [0.29, 0.717) is 21.4 Å². The highest BCUT2D eigenvalue weighted by atomic mass is 35.5. The number of rotatable bonds is 6. The van der Waals surface area contributed by atoms with E-state index in [0.717, 1.165) is 10.5 Å². The highest BCUT2D eigenvalue weighted by Gasteiger charge is 2.10. The van der Waals surface area contributed by atoms with Gasteiger partial charge in [-0.15, -0.1) is 11.8 Å². The second kappa shape index (κ2) is 8.24. The maximum absolute atomic E-state index is 11.8. The number of nitrogens with two attached hydrogens (primary N) is 1. The molecule has 0 spiro atoms. The van der Waals surface area contributed by atoms with Gasteiger partial charge in [-0.25, -0.2) is 4.79 Å². The highest BCUT2D eigenvalue weighted by Crippen LogP contribution is 2.32. The fourth-order valence-electron chi connectivity index (χ4n) is 1.76. The number of ether oxygens (including phenoxy) is 1. The summed E-state index contributed by atoms with van der Waals surface area (Å²) in [6.07, 6.45) is 0. The average molecular weight is 370 g/mol. The third-order valence-electron chi connectivity index (χ3n) is 2.80. The van der Waals surface area contributed by atoms with Gasteiger partial charge in [-0.1, -0.05) is 35.3 Å². The van der Waals surface area contributed by atoms with Crippen molar-refractivity contribution in [1.82, 2.24) is 0 Å². The molecule has 7 heteroatoms. The molecule has 0 saturated carbocycles. The van der Waals surface area contributed by atoms with E-state index in [2.05, 4.69) is 0 Å². The van der Waals surface area contributed by atoms with Crippen LogP contribution in [0.25, 0.3) is 0 Å². The molecule has 0 unspecified atom stereocenters. The lowest BCUT2D eigenvalue weighted by atomic mass is 10.1. The lowest BCUT2D eigenvalue weighted by Crippen LogP contribution is -2.20. The number of carbonyl (C=O) groups excluding carboxylic acids is 2. The third-order valence-corrected chi connectivity index (χ3v) is 4.60. The van der Waals surface area contributed by atoms with Gasteiger partial charge in [0, 0.05) is 15.7 Å². The highest BCUT2D eigenvalue weighted by molar-refractivity contribution is 7.98. The summed E-state index contributed by atoms with van der Waals surface area (Å²) in [6.45, 7) is -0.435. The van der Waals surface area contributed by atoms with Crippen LogP contribution in [0.4, 0.5) is 0 Å². The molecule has 0 aliphatic heterocycles. The topological polar surface area (TPSA) is 69.4 Å². The molecule has 120 valence electrons. The summed E-state index contributed by atoms with van der Waals surface area (Å²) in [7, 11) is 0. The molecule has 0 aliphatic carbocycles. The van der Waals surface area contributed by atoms with Crippen molar-refractivity contribution in [3.8, 4) is 0 Å². The van der Waals surface area contributed by atoms with Crippen molar-refractivity contribution >= 4 is 46.8 Å². The molecule has 0 bridgehead atoms. The van der Waals surface area contributed by atoms with Crippen molar-refractivity contribution in [2.24, 2.45) is 5.73 Å². The van der Waals surface area contributed by atoms with Gasteiger partial charge in [-0.3, -0.25) is 4.79 Å². The van der Waals surface area contributed by atoms with Gasteiger partial charge in [-0.2, -0.15) is 0 Å². The Balaban J connectivity index is 2.03. The van der Waals surface area contributed by atoms with Gasteiger partial charge in [0.05, 0.1) is 10.6 Å². The van der Waals surface area contributed by atoms with Crippen molar-refractivity contribution in [2.75, 3.05) is 6.61 Å². The molecule has 0 atom stereocenters. The largest absolute Gasteiger partial charge is 0.452 e. The Morgan fingerprint density at radius 1 is 1.13 bits per heavy atom. The first-order valence-corrected chi connectivity index (χ1v) is 8.32. The quantitative estimate of drug-likeness (QED) is 0.618. The molecule has 2 rings (SSSR count). The summed E-state index contributed by atoms with van der Waals surface area (Å²) < 4.78 is 4.78. The summed E-state index contributed by atoms with van der Waals surface area (Å²) in [5.74, 6) is -0.672. The van der Waals surface area contributed by atoms with Crippen LogP contribution >= 0.6 is 35.0 Å². The van der Waals surface area contributed by atoms with Crippen molar-refractivity contribution in [2.45, 2.75) is 10.6 Å². The SMILES string of the molecule is NC(=O)COC(=O)c1cccc(CSc2cc(Cl)ccc2Cl)c1. The molecule has 0 radical (unpaired) electrons. The van der Waals surface area contributed by atoms with Crippen molar-refractivity contribution in [1.29, 1.82) is 0 Å². The van der Waals surface area contributed by atoms with Crippen LogP contribution in [0.5, 0.6) is 0 Å². The molecule has 23 heavy (non-hydrogen) atoms. The number of amides is 1. The minimum absolute atomic E-state index is 0.363. The van der Waals surface area contributed by atoms with Crippen LogP contribution in [0.3, 0.4) is 0 Å². The van der Waals surface area contributed by atoms with Crippen LogP contribution in [0.1, 0.15) is 15.9 Å².